The third-order valence-electron chi connectivity index (χ3n) is 2.08. The van der Waals surface area contributed by atoms with Crippen LogP contribution >= 0.6 is 11.6 Å². The number of hydrogen-bond acceptors (Lipinski definition) is 0. The predicted molar refractivity (Wildman–Crippen MR) is 41.6 cm³/mol. The Hall–Kier alpha value is 0.290. The first kappa shape index (κ1) is 7.40. The molecule has 0 spiro atoms. The van der Waals surface area contributed by atoms with Crippen LogP contribution in [0.25, 0.3) is 0 Å². The number of halogens is 1. The van der Waals surface area contributed by atoms with Gasteiger partial charge < -0.3 is 0 Å². The molecule has 0 amide bonds. The Morgan fingerprint density at radius 3 is 2.56 bits per heavy atom. The van der Waals surface area contributed by atoms with Gasteiger partial charge in [0.15, 0.2) is 0 Å². The molecule has 0 aromatic rings. The van der Waals surface area contributed by atoms with Crippen LogP contribution in [0.4, 0.5) is 0 Å². The molecule has 0 N–H and O–H groups in total. The van der Waals surface area contributed by atoms with E-state index >= 15 is 0 Å². The van der Waals surface area contributed by atoms with Gasteiger partial charge in [-0.2, -0.15) is 0 Å². The average Bonchev–Trinajstić information content (AvgIpc) is 1.91. The van der Waals surface area contributed by atoms with Crippen LogP contribution in [0.5, 0.6) is 0 Å². The van der Waals surface area contributed by atoms with Crippen LogP contribution in [0.1, 0.15) is 32.1 Å². The fraction of sp³-hybridized carbons (Fsp3) is 0.875. The monoisotopic (exact) mass is 145 g/mol. The fourth-order valence-electron chi connectivity index (χ4n) is 1.44. The van der Waals surface area contributed by atoms with Crippen molar-refractivity contribution in [3.05, 3.63) is 6.42 Å². The van der Waals surface area contributed by atoms with E-state index in [1.165, 1.54) is 32.1 Å². The second kappa shape index (κ2) is 4.16. The van der Waals surface area contributed by atoms with E-state index < -0.39 is 0 Å². The van der Waals surface area contributed by atoms with Gasteiger partial charge in [0.1, 0.15) is 0 Å². The van der Waals surface area contributed by atoms with Crippen LogP contribution in [0.15, 0.2) is 0 Å². The highest BCUT2D eigenvalue weighted by molar-refractivity contribution is 6.17. The smallest absolute Gasteiger partial charge is 0.0226 e. The van der Waals surface area contributed by atoms with Crippen molar-refractivity contribution in [2.75, 3.05) is 5.88 Å². The molecule has 9 heavy (non-hydrogen) atoms. The minimum Gasteiger partial charge on any atom is -0.127 e. The summed E-state index contributed by atoms with van der Waals surface area (Å²) in [5.41, 5.74) is 0. The first-order valence-electron chi connectivity index (χ1n) is 3.81. The summed E-state index contributed by atoms with van der Waals surface area (Å²) >= 11 is 5.62. The normalized spacial score (nSPS) is 22.3. The van der Waals surface area contributed by atoms with Crippen molar-refractivity contribution in [2.24, 2.45) is 5.92 Å². The number of alkyl halides is 1. The van der Waals surface area contributed by atoms with Crippen LogP contribution in [0.3, 0.4) is 0 Å². The van der Waals surface area contributed by atoms with E-state index in [1.807, 2.05) is 0 Å². The van der Waals surface area contributed by atoms with Crippen molar-refractivity contribution < 1.29 is 0 Å². The summed E-state index contributed by atoms with van der Waals surface area (Å²) in [5.74, 6) is 1.79. The van der Waals surface area contributed by atoms with E-state index in [1.54, 1.807) is 0 Å². The number of rotatable bonds is 2. The van der Waals surface area contributed by atoms with Crippen molar-refractivity contribution in [1.82, 2.24) is 0 Å². The second-order valence-electron chi connectivity index (χ2n) is 2.79. The minimum atomic E-state index is 0.852. The Bertz CT molecular complexity index is 62.2. The lowest BCUT2D eigenvalue weighted by molar-refractivity contribution is 0.396. The van der Waals surface area contributed by atoms with Gasteiger partial charge in [-0.25, -0.2) is 0 Å². The maximum atomic E-state index is 5.62. The largest absolute Gasteiger partial charge is 0.127 e. The topological polar surface area (TPSA) is 0 Å². The van der Waals surface area contributed by atoms with Crippen LogP contribution in [-0.2, 0) is 0 Å². The first-order valence-corrected chi connectivity index (χ1v) is 4.34. The van der Waals surface area contributed by atoms with E-state index in [0.29, 0.717) is 0 Å². The SMILES string of the molecule is ClCCC1CC[CH]CC1. The third-order valence-corrected chi connectivity index (χ3v) is 2.29. The molecule has 1 aliphatic rings. The summed E-state index contributed by atoms with van der Waals surface area (Å²) in [4.78, 5) is 0. The van der Waals surface area contributed by atoms with Gasteiger partial charge in [-0.3, -0.25) is 0 Å². The van der Waals surface area contributed by atoms with Crippen LogP contribution in [0.2, 0.25) is 0 Å². The summed E-state index contributed by atoms with van der Waals surface area (Å²) in [7, 11) is 0. The van der Waals surface area contributed by atoms with Crippen LogP contribution in [-0.4, -0.2) is 5.88 Å². The molecule has 0 unspecified atom stereocenters. The van der Waals surface area contributed by atoms with E-state index in [0.717, 1.165) is 11.8 Å². The summed E-state index contributed by atoms with van der Waals surface area (Å²) in [6.45, 7) is 0. The molecule has 1 radical (unpaired) electrons. The molecule has 1 heteroatoms. The Morgan fingerprint density at radius 1 is 1.33 bits per heavy atom. The average molecular weight is 146 g/mol. The molecule has 1 saturated carbocycles. The lowest BCUT2D eigenvalue weighted by atomic mass is 9.88. The predicted octanol–water partition coefficient (Wildman–Crippen LogP) is 3.01. The number of hydrogen-bond donors (Lipinski definition) is 0. The molecule has 0 aromatic carbocycles. The zero-order chi connectivity index (χ0) is 6.53. The van der Waals surface area contributed by atoms with Gasteiger partial charge >= 0.3 is 0 Å². The Kier molecular flexibility index (Phi) is 3.42. The highest BCUT2D eigenvalue weighted by atomic mass is 35.5. The molecule has 0 bridgehead atoms. The van der Waals surface area contributed by atoms with Gasteiger partial charge in [0.2, 0.25) is 0 Å². The van der Waals surface area contributed by atoms with Crippen molar-refractivity contribution in [1.29, 1.82) is 0 Å². The van der Waals surface area contributed by atoms with Gasteiger partial charge in [-0.1, -0.05) is 12.8 Å². The van der Waals surface area contributed by atoms with Gasteiger partial charge in [0, 0.05) is 5.88 Å². The molecule has 1 fully saturated rings. The van der Waals surface area contributed by atoms with Gasteiger partial charge in [0.05, 0.1) is 0 Å². The molecule has 1 aliphatic carbocycles. The minimum absolute atomic E-state index is 0.852. The zero-order valence-electron chi connectivity index (χ0n) is 5.78. The Balaban J connectivity index is 2.08. The lowest BCUT2D eigenvalue weighted by Gasteiger charge is -2.19. The van der Waals surface area contributed by atoms with Crippen molar-refractivity contribution in [3.63, 3.8) is 0 Å². The summed E-state index contributed by atoms with van der Waals surface area (Å²) < 4.78 is 0. The molecule has 0 atom stereocenters. The summed E-state index contributed by atoms with van der Waals surface area (Å²) in [6.07, 6.45) is 9.03. The van der Waals surface area contributed by atoms with Gasteiger partial charge in [-0.15, -0.1) is 11.6 Å². The van der Waals surface area contributed by atoms with Crippen molar-refractivity contribution >= 4 is 11.6 Å². The first-order chi connectivity index (χ1) is 4.43. The van der Waals surface area contributed by atoms with E-state index in [9.17, 15) is 0 Å². The molecule has 0 nitrogen and oxygen atoms in total. The highest BCUT2D eigenvalue weighted by Gasteiger charge is 2.11. The van der Waals surface area contributed by atoms with Crippen molar-refractivity contribution in [3.8, 4) is 0 Å². The van der Waals surface area contributed by atoms with Crippen LogP contribution < -0.4 is 0 Å². The van der Waals surface area contributed by atoms with Gasteiger partial charge in [-0.05, 0) is 31.6 Å². The standard InChI is InChI=1S/C8H14Cl/c9-7-6-8-4-2-1-3-5-8/h1,8H,2-7H2. The fourth-order valence-corrected chi connectivity index (χ4v) is 1.75. The Morgan fingerprint density at radius 2 is 2.00 bits per heavy atom. The maximum Gasteiger partial charge on any atom is 0.0226 e. The second-order valence-corrected chi connectivity index (χ2v) is 3.17. The lowest BCUT2D eigenvalue weighted by Crippen LogP contribution is -2.06. The van der Waals surface area contributed by atoms with Crippen LogP contribution in [0, 0.1) is 12.3 Å². The zero-order valence-corrected chi connectivity index (χ0v) is 6.53. The van der Waals surface area contributed by atoms with E-state index in [-0.39, 0.29) is 0 Å². The molecule has 1 rings (SSSR count). The quantitative estimate of drug-likeness (QED) is 0.524. The summed E-state index contributed by atoms with van der Waals surface area (Å²) in [5, 5.41) is 0. The third kappa shape index (κ3) is 2.57. The molecule has 0 aromatic heterocycles. The molecular weight excluding hydrogens is 132 g/mol. The van der Waals surface area contributed by atoms with E-state index in [4.69, 9.17) is 11.6 Å². The Labute approximate surface area is 62.6 Å². The van der Waals surface area contributed by atoms with Gasteiger partial charge in [0.25, 0.3) is 0 Å². The molecule has 0 aliphatic heterocycles. The summed E-state index contributed by atoms with van der Waals surface area (Å²) in [6, 6.07) is 0. The molecule has 53 valence electrons. The molecular formula is C8H14Cl. The van der Waals surface area contributed by atoms with E-state index in [2.05, 4.69) is 6.42 Å². The highest BCUT2D eigenvalue weighted by Crippen LogP contribution is 2.25. The maximum absolute atomic E-state index is 5.62. The van der Waals surface area contributed by atoms with Crippen molar-refractivity contribution in [2.45, 2.75) is 32.1 Å². The molecule has 0 heterocycles. The molecule has 0 saturated heterocycles.